The molecular formula is C25H48O3. The van der Waals surface area contributed by atoms with E-state index in [0.717, 1.165) is 13.0 Å². The van der Waals surface area contributed by atoms with Gasteiger partial charge in [0.1, 0.15) is 6.61 Å². The van der Waals surface area contributed by atoms with Crippen LogP contribution in [0.1, 0.15) is 122 Å². The van der Waals surface area contributed by atoms with Gasteiger partial charge in [0, 0.05) is 12.7 Å². The highest BCUT2D eigenvalue weighted by Crippen LogP contribution is 2.14. The van der Waals surface area contributed by atoms with E-state index in [1.54, 1.807) is 0 Å². The van der Waals surface area contributed by atoms with E-state index < -0.39 is 0 Å². The molecule has 0 radical (unpaired) electrons. The van der Waals surface area contributed by atoms with E-state index in [1.165, 1.54) is 115 Å². The minimum absolute atomic E-state index is 0.323. The molecule has 28 heavy (non-hydrogen) atoms. The van der Waals surface area contributed by atoms with Crippen molar-refractivity contribution in [2.24, 2.45) is 0 Å². The molecule has 0 heterocycles. The summed E-state index contributed by atoms with van der Waals surface area (Å²) < 4.78 is 10.3. The van der Waals surface area contributed by atoms with Gasteiger partial charge in [0.15, 0.2) is 0 Å². The van der Waals surface area contributed by atoms with Gasteiger partial charge in [-0.3, -0.25) is 0 Å². The molecular weight excluding hydrogens is 348 g/mol. The van der Waals surface area contributed by atoms with E-state index in [0.29, 0.717) is 13.2 Å². The molecule has 0 aromatic heterocycles. The Morgan fingerprint density at radius 2 is 1.00 bits per heavy atom. The van der Waals surface area contributed by atoms with Crippen LogP contribution >= 0.6 is 0 Å². The maximum absolute atomic E-state index is 10.8. The largest absolute Gasteiger partial charge is 0.460 e. The third-order valence-corrected chi connectivity index (χ3v) is 5.28. The molecule has 166 valence electrons. The minimum Gasteiger partial charge on any atom is -0.460 e. The van der Waals surface area contributed by atoms with Crippen molar-refractivity contribution in [3.05, 3.63) is 12.7 Å². The van der Waals surface area contributed by atoms with Gasteiger partial charge in [-0.2, -0.15) is 0 Å². The fourth-order valence-electron chi connectivity index (χ4n) is 3.47. The van der Waals surface area contributed by atoms with Gasteiger partial charge >= 0.3 is 5.97 Å². The van der Waals surface area contributed by atoms with Crippen LogP contribution in [0, 0.1) is 0 Å². The van der Waals surface area contributed by atoms with Crippen LogP contribution in [0.2, 0.25) is 0 Å². The molecule has 0 aliphatic heterocycles. The maximum atomic E-state index is 10.8. The molecule has 3 heteroatoms. The summed E-state index contributed by atoms with van der Waals surface area (Å²) in [5.41, 5.74) is 0. The van der Waals surface area contributed by atoms with Crippen molar-refractivity contribution >= 4 is 5.97 Å². The summed E-state index contributed by atoms with van der Waals surface area (Å²) in [6.45, 7) is 7.21. The normalized spacial score (nSPS) is 10.9. The monoisotopic (exact) mass is 396 g/mol. The molecule has 0 saturated heterocycles. The topological polar surface area (TPSA) is 35.5 Å². The Morgan fingerprint density at radius 3 is 1.39 bits per heavy atom. The van der Waals surface area contributed by atoms with E-state index in [9.17, 15) is 4.79 Å². The fourth-order valence-corrected chi connectivity index (χ4v) is 3.47. The van der Waals surface area contributed by atoms with E-state index in [-0.39, 0.29) is 5.97 Å². The maximum Gasteiger partial charge on any atom is 0.330 e. The lowest BCUT2D eigenvalue weighted by Gasteiger charge is -2.05. The molecule has 0 N–H and O–H groups in total. The van der Waals surface area contributed by atoms with Gasteiger partial charge in [-0.25, -0.2) is 4.79 Å². The number of hydrogen-bond donors (Lipinski definition) is 0. The third kappa shape index (κ3) is 23.2. The van der Waals surface area contributed by atoms with Gasteiger partial charge in [0.05, 0.1) is 6.61 Å². The van der Waals surface area contributed by atoms with Crippen LogP contribution in [0.3, 0.4) is 0 Å². The van der Waals surface area contributed by atoms with Crippen LogP contribution in [-0.2, 0) is 14.3 Å². The van der Waals surface area contributed by atoms with Crippen LogP contribution in [-0.4, -0.2) is 25.8 Å². The van der Waals surface area contributed by atoms with E-state index >= 15 is 0 Å². The molecule has 0 aromatic carbocycles. The number of carbonyl (C=O) groups is 1. The summed E-state index contributed by atoms with van der Waals surface area (Å²) in [6.07, 6.45) is 26.2. The number of rotatable bonds is 23. The van der Waals surface area contributed by atoms with Gasteiger partial charge in [0.2, 0.25) is 0 Å². The molecule has 0 spiro atoms. The number of esters is 1. The van der Waals surface area contributed by atoms with Crippen molar-refractivity contribution in [2.75, 3.05) is 19.8 Å². The lowest BCUT2D eigenvalue weighted by atomic mass is 10.0. The Labute approximate surface area is 175 Å². The Kier molecular flexibility index (Phi) is 23.5. The highest BCUT2D eigenvalue weighted by atomic mass is 16.6. The second-order valence-corrected chi connectivity index (χ2v) is 7.99. The summed E-state index contributed by atoms with van der Waals surface area (Å²) in [6, 6.07) is 0. The van der Waals surface area contributed by atoms with Gasteiger partial charge in [0.25, 0.3) is 0 Å². The minimum atomic E-state index is -0.378. The van der Waals surface area contributed by atoms with Crippen LogP contribution < -0.4 is 0 Å². The molecule has 0 saturated carbocycles. The van der Waals surface area contributed by atoms with E-state index in [4.69, 9.17) is 9.47 Å². The highest BCUT2D eigenvalue weighted by Gasteiger charge is 1.97. The molecule has 0 atom stereocenters. The van der Waals surface area contributed by atoms with Gasteiger partial charge in [-0.15, -0.1) is 0 Å². The summed E-state index contributed by atoms with van der Waals surface area (Å²) in [5.74, 6) is -0.378. The fraction of sp³-hybridized carbons (Fsp3) is 0.880. The van der Waals surface area contributed by atoms with Crippen LogP contribution in [0.4, 0.5) is 0 Å². The number of hydrogen-bond acceptors (Lipinski definition) is 3. The van der Waals surface area contributed by atoms with Crippen LogP contribution in [0.15, 0.2) is 12.7 Å². The predicted molar refractivity (Wildman–Crippen MR) is 121 cm³/mol. The Morgan fingerprint density at radius 1 is 0.607 bits per heavy atom. The first-order valence-corrected chi connectivity index (χ1v) is 12.2. The molecule has 0 unspecified atom stereocenters. The zero-order valence-electron chi connectivity index (χ0n) is 18.9. The first-order chi connectivity index (χ1) is 13.8. The van der Waals surface area contributed by atoms with Crippen molar-refractivity contribution in [3.8, 4) is 0 Å². The van der Waals surface area contributed by atoms with E-state index in [2.05, 4.69) is 13.5 Å². The average molecular weight is 397 g/mol. The first-order valence-electron chi connectivity index (χ1n) is 12.2. The first kappa shape index (κ1) is 27.2. The SMILES string of the molecule is C=CC(=O)OCCOCCCCCCCCCCCCCCCCCCCC. The molecule has 0 rings (SSSR count). The number of ether oxygens (including phenoxy) is 2. The predicted octanol–water partition coefficient (Wildman–Crippen LogP) is 7.77. The van der Waals surface area contributed by atoms with Crippen molar-refractivity contribution in [1.29, 1.82) is 0 Å². The third-order valence-electron chi connectivity index (χ3n) is 5.28. The lowest BCUT2D eigenvalue weighted by molar-refractivity contribution is -0.139. The molecule has 3 nitrogen and oxygen atoms in total. The lowest BCUT2D eigenvalue weighted by Crippen LogP contribution is -2.08. The zero-order chi connectivity index (χ0) is 20.5. The Hall–Kier alpha value is -0.830. The van der Waals surface area contributed by atoms with E-state index in [1.807, 2.05) is 0 Å². The second kappa shape index (κ2) is 24.2. The number of unbranched alkanes of at least 4 members (excludes halogenated alkanes) is 17. The van der Waals surface area contributed by atoms with Crippen molar-refractivity contribution < 1.29 is 14.3 Å². The van der Waals surface area contributed by atoms with Crippen molar-refractivity contribution in [1.82, 2.24) is 0 Å². The van der Waals surface area contributed by atoms with Crippen LogP contribution in [0.25, 0.3) is 0 Å². The molecule has 0 aliphatic rings. The van der Waals surface area contributed by atoms with Gasteiger partial charge < -0.3 is 9.47 Å². The van der Waals surface area contributed by atoms with Crippen molar-refractivity contribution in [2.45, 2.75) is 122 Å². The molecule has 0 bridgehead atoms. The molecule has 0 aromatic rings. The summed E-state index contributed by atoms with van der Waals surface area (Å²) in [4.78, 5) is 10.8. The Balaban J connectivity index is 3.01. The summed E-state index contributed by atoms with van der Waals surface area (Å²) in [7, 11) is 0. The molecule has 0 amide bonds. The standard InChI is InChI=1S/C25H48O3/c1-3-5-6-7-8-9-10-11-12-13-14-15-16-17-18-19-20-21-22-27-23-24-28-25(26)4-2/h4H,2-3,5-24H2,1H3. The second-order valence-electron chi connectivity index (χ2n) is 7.99. The summed E-state index contributed by atoms with van der Waals surface area (Å²) in [5, 5.41) is 0. The summed E-state index contributed by atoms with van der Waals surface area (Å²) >= 11 is 0. The van der Waals surface area contributed by atoms with Gasteiger partial charge in [-0.1, -0.05) is 123 Å². The quantitative estimate of drug-likeness (QED) is 0.100. The Bertz CT molecular complexity index is 328. The highest BCUT2D eigenvalue weighted by molar-refractivity contribution is 5.81. The molecule has 0 aliphatic carbocycles. The van der Waals surface area contributed by atoms with Gasteiger partial charge in [-0.05, 0) is 6.42 Å². The van der Waals surface area contributed by atoms with Crippen molar-refractivity contribution in [3.63, 3.8) is 0 Å². The molecule has 0 fully saturated rings. The smallest absolute Gasteiger partial charge is 0.330 e. The van der Waals surface area contributed by atoms with Crippen LogP contribution in [0.5, 0.6) is 0 Å². The average Bonchev–Trinajstić information content (AvgIpc) is 2.71. The zero-order valence-corrected chi connectivity index (χ0v) is 18.9. The number of carbonyl (C=O) groups excluding carboxylic acids is 1.